The maximum Gasteiger partial charge on any atom is 0.221 e. The zero-order valence-corrected chi connectivity index (χ0v) is 32.6. The fourth-order valence-electron chi connectivity index (χ4n) is 10.3. The summed E-state index contributed by atoms with van der Waals surface area (Å²) in [6.45, 7) is 4.69. The number of nitrogens with zero attached hydrogens (tertiary/aromatic N) is 5. The Hall–Kier alpha value is -7.63. The maximum absolute atomic E-state index is 5.47. The van der Waals surface area contributed by atoms with E-state index in [1.54, 1.807) is 0 Å². The van der Waals surface area contributed by atoms with Crippen LogP contribution in [0.3, 0.4) is 0 Å². The van der Waals surface area contributed by atoms with Crippen molar-refractivity contribution in [1.29, 1.82) is 0 Å². The lowest BCUT2D eigenvalue weighted by molar-refractivity contribution is 0.660. The standard InChI is InChI=1S/C54H37N5/c1-54(2)44-19-9-6-16-39(44)40-30-26-35(32-45(40)54)34-24-27-37(28-25-34)56-46-20-10-7-17-41(46)43-33-38(29-31-48(43)56)58-49-22-12-13-23-50(49)59-52-51(55-53(58)59)42-18-8-11-21-47(42)57(52)36-14-4-3-5-15-36/h3-33H,1-2H3. The van der Waals surface area contributed by atoms with Gasteiger partial charge in [0, 0.05) is 38.6 Å². The molecule has 12 aromatic rings. The molecule has 4 heterocycles. The number of fused-ring (bicyclic) bond motifs is 13. The number of hydrogen-bond acceptors (Lipinski definition) is 1. The number of benzene rings is 8. The lowest BCUT2D eigenvalue weighted by Gasteiger charge is -2.22. The SMILES string of the molecule is CC1(C)c2ccccc2-c2ccc(-c3ccc(-n4c5ccccc5c5cc(-n6c7ccccc7n7c6nc6c8ccccc8n(-c8ccccc8)c67)ccc54)cc3)cc21. The molecule has 5 heteroatoms. The Bertz CT molecular complexity index is 3680. The van der Waals surface area contributed by atoms with Crippen LogP contribution in [-0.4, -0.2) is 23.1 Å². The highest BCUT2D eigenvalue weighted by Crippen LogP contribution is 2.49. The zero-order valence-electron chi connectivity index (χ0n) is 32.6. The number of rotatable bonds is 4. The molecule has 0 radical (unpaired) electrons. The molecule has 0 aliphatic heterocycles. The van der Waals surface area contributed by atoms with Crippen molar-refractivity contribution in [2.24, 2.45) is 0 Å². The Morgan fingerprint density at radius 3 is 1.80 bits per heavy atom. The van der Waals surface area contributed by atoms with Crippen LogP contribution in [0, 0.1) is 0 Å². The van der Waals surface area contributed by atoms with Crippen molar-refractivity contribution in [3.8, 4) is 39.3 Å². The van der Waals surface area contributed by atoms with E-state index in [-0.39, 0.29) is 5.41 Å². The van der Waals surface area contributed by atoms with Crippen molar-refractivity contribution >= 4 is 60.7 Å². The molecule has 0 fully saturated rings. The first kappa shape index (κ1) is 32.5. The van der Waals surface area contributed by atoms with E-state index in [2.05, 4.69) is 220 Å². The van der Waals surface area contributed by atoms with E-state index in [1.165, 1.54) is 55.2 Å². The average molecular weight is 756 g/mol. The van der Waals surface area contributed by atoms with E-state index in [4.69, 9.17) is 4.98 Å². The Morgan fingerprint density at radius 1 is 0.390 bits per heavy atom. The van der Waals surface area contributed by atoms with Crippen molar-refractivity contribution in [1.82, 2.24) is 23.1 Å². The van der Waals surface area contributed by atoms with Crippen molar-refractivity contribution in [2.75, 3.05) is 0 Å². The smallest absolute Gasteiger partial charge is 0.221 e. The minimum absolute atomic E-state index is 0.0337. The van der Waals surface area contributed by atoms with Gasteiger partial charge in [-0.2, -0.15) is 0 Å². The second-order valence-corrected chi connectivity index (χ2v) is 16.5. The average Bonchev–Trinajstić information content (AvgIpc) is 4.05. The Labute approximate surface area is 340 Å². The molecule has 1 aliphatic carbocycles. The van der Waals surface area contributed by atoms with E-state index < -0.39 is 0 Å². The first-order valence-corrected chi connectivity index (χ1v) is 20.4. The molecule has 0 bridgehead atoms. The molecule has 278 valence electrons. The topological polar surface area (TPSA) is 32.1 Å². The van der Waals surface area contributed by atoms with Gasteiger partial charge in [-0.15, -0.1) is 0 Å². The molecule has 8 aromatic carbocycles. The van der Waals surface area contributed by atoms with E-state index in [0.29, 0.717) is 0 Å². The molecule has 5 nitrogen and oxygen atoms in total. The van der Waals surface area contributed by atoms with E-state index in [1.807, 2.05) is 0 Å². The van der Waals surface area contributed by atoms with Crippen molar-refractivity contribution in [3.63, 3.8) is 0 Å². The molecule has 0 unspecified atom stereocenters. The fraction of sp³-hybridized carbons (Fsp3) is 0.0556. The van der Waals surface area contributed by atoms with Crippen LogP contribution in [0.15, 0.2) is 188 Å². The third-order valence-corrected chi connectivity index (χ3v) is 13.0. The summed E-state index contributed by atoms with van der Waals surface area (Å²) in [5.41, 5.74) is 19.0. The van der Waals surface area contributed by atoms with Gasteiger partial charge in [-0.05, 0) is 106 Å². The summed E-state index contributed by atoms with van der Waals surface area (Å²) in [5, 5.41) is 3.56. The summed E-state index contributed by atoms with van der Waals surface area (Å²) in [6, 6.07) is 68.5. The second kappa shape index (κ2) is 11.7. The van der Waals surface area contributed by atoms with Gasteiger partial charge >= 0.3 is 0 Å². The van der Waals surface area contributed by atoms with Crippen LogP contribution in [0.2, 0.25) is 0 Å². The molecule has 4 aromatic heterocycles. The molecule has 0 spiro atoms. The van der Waals surface area contributed by atoms with Crippen LogP contribution >= 0.6 is 0 Å². The van der Waals surface area contributed by atoms with Crippen molar-refractivity contribution < 1.29 is 0 Å². The van der Waals surface area contributed by atoms with Gasteiger partial charge in [0.05, 0.1) is 27.6 Å². The molecular weight excluding hydrogens is 719 g/mol. The van der Waals surface area contributed by atoms with Gasteiger partial charge in [0.15, 0.2) is 5.65 Å². The van der Waals surface area contributed by atoms with Gasteiger partial charge < -0.3 is 4.57 Å². The summed E-state index contributed by atoms with van der Waals surface area (Å²) in [5.74, 6) is 0.893. The quantitative estimate of drug-likeness (QED) is 0.176. The van der Waals surface area contributed by atoms with Crippen molar-refractivity contribution in [2.45, 2.75) is 19.3 Å². The Balaban J connectivity index is 0.971. The van der Waals surface area contributed by atoms with Crippen molar-refractivity contribution in [3.05, 3.63) is 199 Å². The van der Waals surface area contributed by atoms with Crippen LogP contribution in [0.25, 0.3) is 100.0 Å². The number of hydrogen-bond donors (Lipinski definition) is 0. The van der Waals surface area contributed by atoms with Gasteiger partial charge in [-0.25, -0.2) is 4.98 Å². The predicted molar refractivity (Wildman–Crippen MR) is 244 cm³/mol. The molecule has 13 rings (SSSR count). The maximum atomic E-state index is 5.47. The Morgan fingerprint density at radius 2 is 0.983 bits per heavy atom. The Kier molecular flexibility index (Phi) is 6.44. The van der Waals surface area contributed by atoms with E-state index >= 15 is 0 Å². The summed E-state index contributed by atoms with van der Waals surface area (Å²) in [6.07, 6.45) is 0. The zero-order chi connectivity index (χ0) is 39.0. The molecule has 0 atom stereocenters. The summed E-state index contributed by atoms with van der Waals surface area (Å²) in [4.78, 5) is 5.47. The molecule has 59 heavy (non-hydrogen) atoms. The first-order valence-electron chi connectivity index (χ1n) is 20.4. The van der Waals surface area contributed by atoms with Crippen LogP contribution in [-0.2, 0) is 5.41 Å². The largest absolute Gasteiger partial charge is 0.309 e. The highest BCUT2D eigenvalue weighted by molar-refractivity contribution is 6.11. The van der Waals surface area contributed by atoms with Gasteiger partial charge in [0.1, 0.15) is 5.52 Å². The highest BCUT2D eigenvalue weighted by Gasteiger charge is 2.35. The predicted octanol–water partition coefficient (Wildman–Crippen LogP) is 13.4. The van der Waals surface area contributed by atoms with Gasteiger partial charge in [-0.3, -0.25) is 13.5 Å². The van der Waals surface area contributed by atoms with Crippen LogP contribution in [0.1, 0.15) is 25.0 Å². The number of para-hydroxylation sites is 5. The third-order valence-electron chi connectivity index (χ3n) is 13.0. The van der Waals surface area contributed by atoms with E-state index in [9.17, 15) is 0 Å². The lowest BCUT2D eigenvalue weighted by atomic mass is 9.81. The number of aromatic nitrogens is 5. The monoisotopic (exact) mass is 755 g/mol. The normalized spacial score (nSPS) is 13.4. The summed E-state index contributed by atoms with van der Waals surface area (Å²) >= 11 is 0. The molecule has 0 N–H and O–H groups in total. The van der Waals surface area contributed by atoms with Gasteiger partial charge in [-0.1, -0.05) is 129 Å². The molecular formula is C54H37N5. The second-order valence-electron chi connectivity index (χ2n) is 16.5. The first-order chi connectivity index (χ1) is 29.0. The van der Waals surface area contributed by atoms with E-state index in [0.717, 1.165) is 55.9 Å². The van der Waals surface area contributed by atoms with Crippen LogP contribution < -0.4 is 0 Å². The minimum Gasteiger partial charge on any atom is -0.309 e. The van der Waals surface area contributed by atoms with Gasteiger partial charge in [0.2, 0.25) is 5.78 Å². The molecule has 0 saturated heterocycles. The molecule has 1 aliphatic rings. The fourth-order valence-corrected chi connectivity index (χ4v) is 10.3. The summed E-state index contributed by atoms with van der Waals surface area (Å²) in [7, 11) is 0. The number of imidazole rings is 2. The van der Waals surface area contributed by atoms with Crippen LogP contribution in [0.5, 0.6) is 0 Å². The lowest BCUT2D eigenvalue weighted by Crippen LogP contribution is -2.14. The summed E-state index contributed by atoms with van der Waals surface area (Å²) < 4.78 is 9.43. The minimum atomic E-state index is -0.0337. The molecule has 0 amide bonds. The van der Waals surface area contributed by atoms with Gasteiger partial charge in [0.25, 0.3) is 0 Å². The van der Waals surface area contributed by atoms with Crippen LogP contribution in [0.4, 0.5) is 0 Å². The third kappa shape index (κ3) is 4.36. The highest BCUT2D eigenvalue weighted by atomic mass is 15.3. The molecule has 0 saturated carbocycles.